The fourth-order valence-corrected chi connectivity index (χ4v) is 2.72. The Morgan fingerprint density at radius 2 is 1.94 bits per heavy atom. The van der Waals surface area contributed by atoms with Crippen LogP contribution in [-0.2, 0) is 0 Å². The molecule has 1 heterocycles. The topological polar surface area (TPSA) is 74.8 Å². The van der Waals surface area contributed by atoms with Crippen LogP contribution in [0, 0.1) is 0 Å². The van der Waals surface area contributed by atoms with Crippen molar-refractivity contribution < 1.29 is 0 Å². The highest BCUT2D eigenvalue weighted by Gasteiger charge is 2.54. The van der Waals surface area contributed by atoms with Gasteiger partial charge in [-0.1, -0.05) is 5.22 Å². The van der Waals surface area contributed by atoms with Crippen molar-refractivity contribution in [2.45, 2.75) is 55.8 Å². The van der Waals surface area contributed by atoms with Gasteiger partial charge in [-0.25, -0.2) is 0 Å². The van der Waals surface area contributed by atoms with Crippen LogP contribution < -0.4 is 16.5 Å². The molecule has 2 saturated carbocycles. The van der Waals surface area contributed by atoms with Crippen molar-refractivity contribution in [1.29, 1.82) is 0 Å². The van der Waals surface area contributed by atoms with E-state index in [1.165, 1.54) is 12.8 Å². The Morgan fingerprint density at radius 3 is 2.56 bits per heavy atom. The number of hydrogen-bond acceptors (Lipinski definition) is 5. The minimum absolute atomic E-state index is 0. The van der Waals surface area contributed by atoms with Crippen LogP contribution in [0.3, 0.4) is 0 Å². The number of nitrogens with zero attached hydrogens (tertiary/aromatic N) is 2. The molecule has 18 heavy (non-hydrogen) atoms. The maximum Gasteiger partial charge on any atom is 0.0932 e. The van der Waals surface area contributed by atoms with Crippen molar-refractivity contribution in [3.63, 3.8) is 0 Å². The molecular weight excluding hydrogens is 273 g/mol. The summed E-state index contributed by atoms with van der Waals surface area (Å²) in [6.07, 6.45) is 9.74. The molecule has 2 atom stereocenters. The molecule has 0 amide bonds. The van der Waals surface area contributed by atoms with E-state index in [4.69, 9.17) is 5.73 Å². The maximum absolute atomic E-state index is 5.90. The van der Waals surface area contributed by atoms with E-state index < -0.39 is 0 Å². The quantitative estimate of drug-likeness (QED) is 0.725. The second-order valence-corrected chi connectivity index (χ2v) is 5.22. The Labute approximate surface area is 120 Å². The first-order valence-corrected chi connectivity index (χ1v) is 6.15. The van der Waals surface area contributed by atoms with E-state index in [9.17, 15) is 0 Å². The number of hydrogen-bond donors (Lipinski definition) is 3. The van der Waals surface area contributed by atoms with Crippen LogP contribution in [-0.4, -0.2) is 23.7 Å². The summed E-state index contributed by atoms with van der Waals surface area (Å²) in [5.41, 5.74) is 9.06. The van der Waals surface area contributed by atoms with Crippen molar-refractivity contribution in [2.24, 2.45) is 16.1 Å². The first-order chi connectivity index (χ1) is 7.78. The van der Waals surface area contributed by atoms with Gasteiger partial charge in [0.05, 0.1) is 5.54 Å². The second kappa shape index (κ2) is 6.19. The lowest BCUT2D eigenvalue weighted by Gasteiger charge is -2.28. The van der Waals surface area contributed by atoms with Gasteiger partial charge in [0.25, 0.3) is 0 Å². The largest absolute Gasteiger partial charge is 0.328 e. The summed E-state index contributed by atoms with van der Waals surface area (Å²) in [4.78, 5) is 0. The Bertz CT molecular complexity index is 327. The highest BCUT2D eigenvalue weighted by atomic mass is 35.5. The Kier molecular flexibility index (Phi) is 5.40. The van der Waals surface area contributed by atoms with Gasteiger partial charge in [-0.15, -0.1) is 29.9 Å². The normalized spacial score (nSPS) is 40.6. The van der Waals surface area contributed by atoms with E-state index >= 15 is 0 Å². The molecule has 3 rings (SSSR count). The Morgan fingerprint density at radius 1 is 1.22 bits per heavy atom. The molecule has 0 bridgehead atoms. The molecular formula is C11H21Cl2N5. The summed E-state index contributed by atoms with van der Waals surface area (Å²) in [5.74, 6) is 0. The number of halogens is 2. The van der Waals surface area contributed by atoms with Crippen LogP contribution in [0.2, 0.25) is 0 Å². The standard InChI is InChI=1S/C11H19N5.2ClH/c12-8-1-3-9(4-2-8)14-10-7-11(10)5-6-13-16-15-11;;/h5-6,8-10,14H,1-4,7,12H2,(H,13,15);2*1H/t8-,9-,10-,11-;;/m1../s1. The molecule has 0 radical (unpaired) electrons. The Hall–Kier alpha value is -0.360. The van der Waals surface area contributed by atoms with Gasteiger partial charge >= 0.3 is 0 Å². The number of nitrogens with two attached hydrogens (primary N) is 1. The zero-order valence-electron chi connectivity index (χ0n) is 10.2. The minimum Gasteiger partial charge on any atom is -0.328 e. The van der Waals surface area contributed by atoms with E-state index in [2.05, 4.69) is 27.2 Å². The van der Waals surface area contributed by atoms with E-state index in [1.807, 2.05) is 0 Å². The molecule has 0 unspecified atom stereocenters. The first-order valence-electron chi connectivity index (χ1n) is 6.15. The smallest absolute Gasteiger partial charge is 0.0932 e. The third kappa shape index (κ3) is 3.15. The predicted octanol–water partition coefficient (Wildman–Crippen LogP) is 1.68. The van der Waals surface area contributed by atoms with Gasteiger partial charge in [0.15, 0.2) is 0 Å². The molecule has 4 N–H and O–H groups in total. The zero-order chi connectivity index (χ0) is 11.0. The molecule has 0 saturated heterocycles. The molecule has 2 aliphatic carbocycles. The number of rotatable bonds is 2. The first kappa shape index (κ1) is 15.7. The molecule has 1 spiro atoms. The van der Waals surface area contributed by atoms with Gasteiger partial charge in [-0.2, -0.15) is 0 Å². The molecule has 7 heteroatoms. The fourth-order valence-electron chi connectivity index (χ4n) is 2.72. The van der Waals surface area contributed by atoms with Gasteiger partial charge in [0.2, 0.25) is 0 Å². The van der Waals surface area contributed by atoms with Gasteiger partial charge in [-0.3, -0.25) is 5.43 Å². The maximum atomic E-state index is 5.90. The molecule has 0 aromatic carbocycles. The zero-order valence-corrected chi connectivity index (χ0v) is 11.8. The van der Waals surface area contributed by atoms with E-state index in [1.54, 1.807) is 6.20 Å². The predicted molar refractivity (Wildman–Crippen MR) is 76.1 cm³/mol. The lowest BCUT2D eigenvalue weighted by Crippen LogP contribution is -2.43. The van der Waals surface area contributed by atoms with Crippen LogP contribution in [0.1, 0.15) is 32.1 Å². The average molecular weight is 294 g/mol. The number of nitrogens with one attached hydrogen (secondary N) is 2. The van der Waals surface area contributed by atoms with Crippen molar-refractivity contribution in [1.82, 2.24) is 10.7 Å². The highest BCUT2D eigenvalue weighted by molar-refractivity contribution is 5.85. The molecule has 104 valence electrons. The second-order valence-electron chi connectivity index (χ2n) is 5.22. The van der Waals surface area contributed by atoms with Crippen LogP contribution in [0.5, 0.6) is 0 Å². The van der Waals surface area contributed by atoms with Crippen LogP contribution >= 0.6 is 24.8 Å². The Balaban J connectivity index is 0.000000810. The van der Waals surface area contributed by atoms with Crippen molar-refractivity contribution in [3.8, 4) is 0 Å². The lowest BCUT2D eigenvalue weighted by molar-refractivity contribution is 0.332. The van der Waals surface area contributed by atoms with Gasteiger partial charge < -0.3 is 11.1 Å². The van der Waals surface area contributed by atoms with E-state index in [-0.39, 0.29) is 30.4 Å². The van der Waals surface area contributed by atoms with Crippen molar-refractivity contribution in [2.75, 3.05) is 0 Å². The SMILES string of the molecule is Cl.Cl.N[C@H]1CC[C@H](N[C@@H]2C[C@]23C=CN=NN3)CC1. The van der Waals surface area contributed by atoms with E-state index in [0.29, 0.717) is 18.1 Å². The average Bonchev–Trinajstić information content (AvgIpc) is 2.95. The summed E-state index contributed by atoms with van der Waals surface area (Å²) >= 11 is 0. The monoisotopic (exact) mass is 293 g/mol. The van der Waals surface area contributed by atoms with Gasteiger partial charge in [0.1, 0.15) is 0 Å². The van der Waals surface area contributed by atoms with Crippen molar-refractivity contribution in [3.05, 3.63) is 12.3 Å². The van der Waals surface area contributed by atoms with Crippen LogP contribution in [0.4, 0.5) is 0 Å². The molecule has 0 aromatic heterocycles. The molecule has 5 nitrogen and oxygen atoms in total. The summed E-state index contributed by atoms with van der Waals surface area (Å²) in [7, 11) is 0. The summed E-state index contributed by atoms with van der Waals surface area (Å²) in [6.45, 7) is 0. The van der Waals surface area contributed by atoms with Crippen LogP contribution in [0.25, 0.3) is 0 Å². The molecule has 1 aliphatic heterocycles. The summed E-state index contributed by atoms with van der Waals surface area (Å²) < 4.78 is 0. The van der Waals surface area contributed by atoms with Gasteiger partial charge in [0, 0.05) is 24.3 Å². The third-order valence-corrected chi connectivity index (χ3v) is 3.97. The lowest BCUT2D eigenvalue weighted by atomic mass is 9.92. The highest BCUT2D eigenvalue weighted by Crippen LogP contribution is 2.39. The summed E-state index contributed by atoms with van der Waals surface area (Å²) in [6, 6.07) is 1.58. The van der Waals surface area contributed by atoms with Gasteiger partial charge in [-0.05, 0) is 38.2 Å². The van der Waals surface area contributed by atoms with Crippen LogP contribution in [0.15, 0.2) is 22.6 Å². The molecule has 0 aromatic rings. The fraction of sp³-hybridized carbons (Fsp3) is 0.818. The third-order valence-electron chi connectivity index (χ3n) is 3.97. The van der Waals surface area contributed by atoms with E-state index in [0.717, 1.165) is 19.3 Å². The van der Waals surface area contributed by atoms with Crippen molar-refractivity contribution >= 4 is 24.8 Å². The summed E-state index contributed by atoms with van der Waals surface area (Å²) in [5, 5.41) is 11.4. The molecule has 2 fully saturated rings. The molecule has 3 aliphatic rings. The minimum atomic E-state index is 0.